The van der Waals surface area contributed by atoms with E-state index in [0.717, 1.165) is 15.6 Å². The molecule has 0 aliphatic heterocycles. The second-order valence-electron chi connectivity index (χ2n) is 5.34. The van der Waals surface area contributed by atoms with Gasteiger partial charge in [0.2, 0.25) is 0 Å². The molecule has 0 fully saturated rings. The molecule has 5 heteroatoms. The average molecular weight is 330 g/mol. The Kier molecular flexibility index (Phi) is 4.98. The summed E-state index contributed by atoms with van der Waals surface area (Å²) in [7, 11) is 1.58. The van der Waals surface area contributed by atoms with Crippen molar-refractivity contribution in [2.75, 3.05) is 7.11 Å². The van der Waals surface area contributed by atoms with E-state index in [0.29, 0.717) is 12.2 Å². The van der Waals surface area contributed by atoms with Crippen LogP contribution in [-0.4, -0.2) is 18.2 Å². The van der Waals surface area contributed by atoms with Crippen molar-refractivity contribution in [2.45, 2.75) is 33.2 Å². The SMILES string of the molecule is COc1cc(C)c(Br)cc1C(N)CC(C)(C)C(=O)O. The van der Waals surface area contributed by atoms with Gasteiger partial charge in [-0.15, -0.1) is 0 Å². The molecular weight excluding hydrogens is 310 g/mol. The Morgan fingerprint density at radius 3 is 2.58 bits per heavy atom. The summed E-state index contributed by atoms with van der Waals surface area (Å²) >= 11 is 3.46. The molecule has 1 rings (SSSR count). The lowest BCUT2D eigenvalue weighted by Crippen LogP contribution is -2.29. The predicted octanol–water partition coefficient (Wildman–Crippen LogP) is 3.27. The number of benzene rings is 1. The zero-order chi connectivity index (χ0) is 14.8. The second-order valence-corrected chi connectivity index (χ2v) is 6.20. The van der Waals surface area contributed by atoms with Crippen LogP contribution >= 0.6 is 15.9 Å². The Bertz CT molecular complexity index is 486. The first-order chi connectivity index (χ1) is 8.69. The maximum absolute atomic E-state index is 11.2. The lowest BCUT2D eigenvalue weighted by atomic mass is 9.83. The molecule has 0 bridgehead atoms. The smallest absolute Gasteiger partial charge is 0.309 e. The van der Waals surface area contributed by atoms with Crippen molar-refractivity contribution in [1.82, 2.24) is 0 Å². The summed E-state index contributed by atoms with van der Waals surface area (Å²) in [6, 6.07) is 3.40. The minimum absolute atomic E-state index is 0.341. The molecule has 4 nitrogen and oxygen atoms in total. The van der Waals surface area contributed by atoms with Gasteiger partial charge in [-0.1, -0.05) is 15.9 Å². The van der Waals surface area contributed by atoms with E-state index < -0.39 is 17.4 Å². The van der Waals surface area contributed by atoms with Crippen LogP contribution in [0.25, 0.3) is 0 Å². The van der Waals surface area contributed by atoms with Crippen molar-refractivity contribution in [1.29, 1.82) is 0 Å². The summed E-state index contributed by atoms with van der Waals surface area (Å²) in [5.74, 6) is -0.164. The van der Waals surface area contributed by atoms with E-state index in [1.165, 1.54) is 0 Å². The van der Waals surface area contributed by atoms with Crippen LogP contribution in [0.3, 0.4) is 0 Å². The van der Waals surface area contributed by atoms with Crippen LogP contribution in [0.4, 0.5) is 0 Å². The first kappa shape index (κ1) is 16.0. The summed E-state index contributed by atoms with van der Waals surface area (Å²) < 4.78 is 6.27. The molecule has 19 heavy (non-hydrogen) atoms. The lowest BCUT2D eigenvalue weighted by Gasteiger charge is -2.25. The van der Waals surface area contributed by atoms with Gasteiger partial charge in [0.25, 0.3) is 0 Å². The highest BCUT2D eigenvalue weighted by Gasteiger charge is 2.31. The zero-order valence-electron chi connectivity index (χ0n) is 11.7. The van der Waals surface area contributed by atoms with Gasteiger partial charge < -0.3 is 15.6 Å². The number of aliphatic carboxylic acids is 1. The molecule has 0 aliphatic carbocycles. The van der Waals surface area contributed by atoms with Crippen molar-refractivity contribution in [3.8, 4) is 5.75 Å². The number of aryl methyl sites for hydroxylation is 1. The number of methoxy groups -OCH3 is 1. The van der Waals surface area contributed by atoms with Gasteiger partial charge in [0.05, 0.1) is 12.5 Å². The summed E-state index contributed by atoms with van der Waals surface area (Å²) in [6.07, 6.45) is 0.341. The standard InChI is InChI=1S/C14H20BrNO3/c1-8-5-12(19-4)9(6-10(8)15)11(16)7-14(2,3)13(17)18/h5-6,11H,7,16H2,1-4H3,(H,17,18). The molecular formula is C14H20BrNO3. The van der Waals surface area contributed by atoms with Crippen LogP contribution in [0.15, 0.2) is 16.6 Å². The molecule has 0 saturated heterocycles. The number of hydrogen-bond acceptors (Lipinski definition) is 3. The third-order valence-corrected chi connectivity index (χ3v) is 4.07. The number of carboxylic acid groups (broad SMARTS) is 1. The van der Waals surface area contributed by atoms with Crippen molar-refractivity contribution < 1.29 is 14.6 Å². The lowest BCUT2D eigenvalue weighted by molar-refractivity contribution is -0.147. The molecule has 0 heterocycles. The highest BCUT2D eigenvalue weighted by molar-refractivity contribution is 9.10. The molecule has 3 N–H and O–H groups in total. The van der Waals surface area contributed by atoms with Crippen LogP contribution in [0.5, 0.6) is 5.75 Å². The number of rotatable bonds is 5. The van der Waals surface area contributed by atoms with E-state index >= 15 is 0 Å². The predicted molar refractivity (Wildman–Crippen MR) is 78.4 cm³/mol. The Labute approximate surface area is 122 Å². The molecule has 0 amide bonds. The number of ether oxygens (including phenoxy) is 1. The Balaban J connectivity index is 3.09. The van der Waals surface area contributed by atoms with Crippen molar-refractivity contribution in [2.24, 2.45) is 11.1 Å². The molecule has 106 valence electrons. The first-order valence-corrected chi connectivity index (χ1v) is 6.81. The van der Waals surface area contributed by atoms with E-state index in [1.807, 2.05) is 19.1 Å². The minimum atomic E-state index is -0.873. The van der Waals surface area contributed by atoms with Crippen LogP contribution in [0.2, 0.25) is 0 Å². The van der Waals surface area contributed by atoms with E-state index in [9.17, 15) is 4.79 Å². The fourth-order valence-electron chi connectivity index (χ4n) is 1.88. The van der Waals surface area contributed by atoms with Gasteiger partial charge >= 0.3 is 5.97 Å². The molecule has 0 radical (unpaired) electrons. The number of nitrogens with two attached hydrogens (primary N) is 1. The fraction of sp³-hybridized carbons (Fsp3) is 0.500. The second kappa shape index (κ2) is 5.92. The highest BCUT2D eigenvalue weighted by atomic mass is 79.9. The van der Waals surface area contributed by atoms with Gasteiger partial charge in [-0.2, -0.15) is 0 Å². The van der Waals surface area contributed by atoms with Gasteiger partial charge in [0.1, 0.15) is 5.75 Å². The Hall–Kier alpha value is -1.07. The molecule has 1 atom stereocenters. The minimum Gasteiger partial charge on any atom is -0.496 e. The maximum Gasteiger partial charge on any atom is 0.309 e. The van der Waals surface area contributed by atoms with E-state index in [4.69, 9.17) is 15.6 Å². The van der Waals surface area contributed by atoms with Gasteiger partial charge in [-0.3, -0.25) is 4.79 Å². The van der Waals surface area contributed by atoms with Crippen molar-refractivity contribution in [3.63, 3.8) is 0 Å². The molecule has 0 saturated carbocycles. The molecule has 1 unspecified atom stereocenters. The van der Waals surface area contributed by atoms with Crippen LogP contribution in [-0.2, 0) is 4.79 Å². The normalized spacial score (nSPS) is 13.2. The third-order valence-electron chi connectivity index (χ3n) is 3.22. The number of halogens is 1. The fourth-order valence-corrected chi connectivity index (χ4v) is 2.25. The highest BCUT2D eigenvalue weighted by Crippen LogP contribution is 2.35. The summed E-state index contributed by atoms with van der Waals surface area (Å²) in [4.78, 5) is 11.2. The monoisotopic (exact) mass is 329 g/mol. The van der Waals surface area contributed by atoms with Crippen LogP contribution in [0.1, 0.15) is 37.4 Å². The van der Waals surface area contributed by atoms with Crippen molar-refractivity contribution in [3.05, 3.63) is 27.7 Å². The van der Waals surface area contributed by atoms with Crippen molar-refractivity contribution >= 4 is 21.9 Å². The summed E-state index contributed by atoms with van der Waals surface area (Å²) in [5.41, 5.74) is 7.14. The molecule has 1 aromatic carbocycles. The van der Waals surface area contributed by atoms with Crippen LogP contribution < -0.4 is 10.5 Å². The maximum atomic E-state index is 11.2. The Morgan fingerprint density at radius 1 is 1.53 bits per heavy atom. The molecule has 0 aliphatic rings. The van der Waals surface area contributed by atoms with Gasteiger partial charge in [-0.05, 0) is 44.9 Å². The van der Waals surface area contributed by atoms with E-state index in [-0.39, 0.29) is 0 Å². The first-order valence-electron chi connectivity index (χ1n) is 6.02. The molecule has 0 spiro atoms. The van der Waals surface area contributed by atoms with Gasteiger partial charge in [0.15, 0.2) is 0 Å². The topological polar surface area (TPSA) is 72.5 Å². The van der Waals surface area contributed by atoms with E-state index in [2.05, 4.69) is 15.9 Å². The number of carboxylic acids is 1. The quantitative estimate of drug-likeness (QED) is 0.869. The number of carbonyl (C=O) groups is 1. The largest absolute Gasteiger partial charge is 0.496 e. The molecule has 0 aromatic heterocycles. The van der Waals surface area contributed by atoms with Crippen LogP contribution in [0, 0.1) is 12.3 Å². The van der Waals surface area contributed by atoms with Gasteiger partial charge in [0, 0.05) is 16.1 Å². The Morgan fingerprint density at radius 2 is 2.11 bits per heavy atom. The molecule has 1 aromatic rings. The summed E-state index contributed by atoms with van der Waals surface area (Å²) in [6.45, 7) is 5.30. The average Bonchev–Trinajstić information content (AvgIpc) is 2.31. The zero-order valence-corrected chi connectivity index (χ0v) is 13.2. The third kappa shape index (κ3) is 3.70. The summed E-state index contributed by atoms with van der Waals surface area (Å²) in [5, 5.41) is 9.17. The number of hydrogen-bond donors (Lipinski definition) is 2. The van der Waals surface area contributed by atoms with E-state index in [1.54, 1.807) is 21.0 Å². The van der Waals surface area contributed by atoms with Gasteiger partial charge in [-0.25, -0.2) is 0 Å².